The van der Waals surface area contributed by atoms with Crippen LogP contribution in [-0.2, 0) is 10.2 Å². The monoisotopic (exact) mass is 623 g/mol. The highest BCUT2D eigenvalue weighted by Crippen LogP contribution is 2.59. The van der Waals surface area contributed by atoms with Crippen LogP contribution < -0.4 is 10.2 Å². The van der Waals surface area contributed by atoms with Crippen LogP contribution in [0.25, 0.3) is 5.57 Å². The van der Waals surface area contributed by atoms with Crippen LogP contribution in [0.2, 0.25) is 10.0 Å². The Hall–Kier alpha value is -4.79. The third kappa shape index (κ3) is 3.87. The van der Waals surface area contributed by atoms with Gasteiger partial charge in [0.25, 0.3) is 5.69 Å². The predicted molar refractivity (Wildman–Crippen MR) is 169 cm³/mol. The fourth-order valence-electron chi connectivity index (χ4n) is 7.16. The Bertz CT molecular complexity index is 1960. The van der Waals surface area contributed by atoms with Crippen molar-refractivity contribution in [1.82, 2.24) is 0 Å². The van der Waals surface area contributed by atoms with Crippen molar-refractivity contribution in [2.24, 2.45) is 5.92 Å². The number of nitrogens with one attached hydrogen (secondary N) is 1. The van der Waals surface area contributed by atoms with Crippen LogP contribution in [0.5, 0.6) is 0 Å². The highest BCUT2D eigenvalue weighted by atomic mass is 35.5. The minimum atomic E-state index is -1.52. The first kappa shape index (κ1) is 28.0. The van der Waals surface area contributed by atoms with Gasteiger partial charge in [-0.05, 0) is 60.5 Å². The normalized spacial score (nSPS) is 23.0. The van der Waals surface area contributed by atoms with Crippen LogP contribution in [0.15, 0.2) is 97.1 Å². The Morgan fingerprint density at radius 3 is 2.36 bits per heavy atom. The van der Waals surface area contributed by atoms with Gasteiger partial charge in [-0.1, -0.05) is 65.7 Å². The number of Topliss-reactive ketones (excluding diaryl/α,β-unsaturated/α-hetero) is 2. The zero-order valence-electron chi connectivity index (χ0n) is 23.2. The molecule has 3 heterocycles. The number of fused-ring (bicyclic) bond motifs is 6. The summed E-state index contributed by atoms with van der Waals surface area (Å²) in [5.41, 5.74) is 2.24. The molecule has 1 spiro atoms. The number of anilines is 2. The Morgan fingerprint density at radius 2 is 1.64 bits per heavy atom. The number of non-ortho nitro benzene ring substituents is 1. The second-order valence-electron chi connectivity index (χ2n) is 11.2. The maximum absolute atomic E-state index is 14.9. The predicted octanol–water partition coefficient (Wildman–Crippen LogP) is 7.15. The molecule has 218 valence electrons. The summed E-state index contributed by atoms with van der Waals surface area (Å²) >= 11 is 12.8. The summed E-state index contributed by atoms with van der Waals surface area (Å²) in [6.07, 6.45) is 1.96. The number of hydrogen-bond acceptors (Lipinski definition) is 6. The van der Waals surface area contributed by atoms with Gasteiger partial charge in [0.1, 0.15) is 11.5 Å². The summed E-state index contributed by atoms with van der Waals surface area (Å²) < 4.78 is 0. The van der Waals surface area contributed by atoms with Gasteiger partial charge in [-0.2, -0.15) is 0 Å². The minimum absolute atomic E-state index is 0.0999. The number of carbonyl (C=O) groups excluding carboxylic acids is 3. The molecule has 4 atom stereocenters. The standard InChI is InChI=1S/C34H23Cl2N3O5/c1-18-16-28-34(24-7-3-4-8-26(24)37-33(34)42)29(32(41)23-15-12-20(35)17-25(23)36)30(38(28)27-9-5-2-6-22(18)27)31(40)19-10-13-21(14-11-19)39(43)44/h2-17,28-30H,1H3,(H,37,42)/t28-,29+,30-,34+/m0/s1. The summed E-state index contributed by atoms with van der Waals surface area (Å²) in [6, 6.07) is 22.7. The van der Waals surface area contributed by atoms with E-state index in [2.05, 4.69) is 5.32 Å². The first-order chi connectivity index (χ1) is 21.1. The highest BCUT2D eigenvalue weighted by molar-refractivity contribution is 6.37. The molecule has 1 N–H and O–H groups in total. The molecule has 3 aliphatic heterocycles. The first-order valence-electron chi connectivity index (χ1n) is 13.9. The van der Waals surface area contributed by atoms with Gasteiger partial charge >= 0.3 is 0 Å². The average Bonchev–Trinajstić information content (AvgIpc) is 3.49. The Labute approximate surface area is 262 Å². The summed E-state index contributed by atoms with van der Waals surface area (Å²) in [5, 5.41) is 14.8. The van der Waals surface area contributed by atoms with Crippen molar-refractivity contribution in [3.8, 4) is 0 Å². The van der Waals surface area contributed by atoms with Gasteiger partial charge in [0, 0.05) is 45.2 Å². The first-order valence-corrected chi connectivity index (χ1v) is 14.6. The van der Waals surface area contributed by atoms with E-state index in [0.717, 1.165) is 11.1 Å². The van der Waals surface area contributed by atoms with Gasteiger partial charge < -0.3 is 10.2 Å². The highest BCUT2D eigenvalue weighted by Gasteiger charge is 2.70. The molecule has 1 fully saturated rings. The van der Waals surface area contributed by atoms with E-state index in [9.17, 15) is 24.5 Å². The fourth-order valence-corrected chi connectivity index (χ4v) is 7.66. The van der Waals surface area contributed by atoms with Gasteiger partial charge in [0.05, 0.1) is 21.9 Å². The number of para-hydroxylation sites is 2. The molecule has 0 aromatic heterocycles. The van der Waals surface area contributed by atoms with E-state index < -0.39 is 45.8 Å². The molecule has 7 rings (SSSR count). The summed E-state index contributed by atoms with van der Waals surface area (Å²) in [4.78, 5) is 56.8. The van der Waals surface area contributed by atoms with E-state index >= 15 is 0 Å². The van der Waals surface area contributed by atoms with E-state index in [-0.39, 0.29) is 21.8 Å². The summed E-state index contributed by atoms with van der Waals surface area (Å²) in [6.45, 7) is 1.95. The third-order valence-corrected chi connectivity index (χ3v) is 9.54. The van der Waals surface area contributed by atoms with Crippen LogP contribution >= 0.6 is 23.2 Å². The molecule has 0 saturated carbocycles. The maximum atomic E-state index is 14.9. The molecule has 0 radical (unpaired) electrons. The maximum Gasteiger partial charge on any atom is 0.269 e. The molecule has 44 heavy (non-hydrogen) atoms. The number of nitrogens with zero attached hydrogens (tertiary/aromatic N) is 2. The number of allylic oxidation sites excluding steroid dienone is 1. The van der Waals surface area contributed by atoms with E-state index in [0.29, 0.717) is 22.0 Å². The topological polar surface area (TPSA) is 110 Å². The number of rotatable bonds is 5. The second kappa shape index (κ2) is 10.1. The van der Waals surface area contributed by atoms with Gasteiger partial charge in [0.15, 0.2) is 11.6 Å². The van der Waals surface area contributed by atoms with Crippen molar-refractivity contribution < 1.29 is 19.3 Å². The molecular formula is C34H23Cl2N3O5. The van der Waals surface area contributed by atoms with E-state index in [1.807, 2.05) is 48.2 Å². The van der Waals surface area contributed by atoms with Gasteiger partial charge in [-0.3, -0.25) is 24.5 Å². The molecule has 0 bridgehead atoms. The molecule has 10 heteroatoms. The fraction of sp³-hybridized carbons (Fsp3) is 0.147. The SMILES string of the molecule is CC1=C[C@@H]2N(c3ccccc31)[C@H](C(=O)c1ccc([N+](=O)[O-])cc1)[C@H](C(=O)c1ccc(Cl)cc1Cl)[C@]21C(=O)Nc2ccccc21. The van der Waals surface area contributed by atoms with Gasteiger partial charge in [0.2, 0.25) is 5.91 Å². The molecule has 1 saturated heterocycles. The van der Waals surface area contributed by atoms with Crippen molar-refractivity contribution in [2.45, 2.75) is 24.4 Å². The van der Waals surface area contributed by atoms with Gasteiger partial charge in [-0.15, -0.1) is 0 Å². The largest absolute Gasteiger partial charge is 0.352 e. The van der Waals surface area contributed by atoms with Crippen molar-refractivity contribution >= 4 is 63.3 Å². The molecule has 4 aromatic rings. The molecule has 1 amide bonds. The van der Waals surface area contributed by atoms with Crippen molar-refractivity contribution in [3.63, 3.8) is 0 Å². The number of halogens is 2. The number of ketones is 2. The van der Waals surface area contributed by atoms with Crippen LogP contribution in [0.3, 0.4) is 0 Å². The lowest BCUT2D eigenvalue weighted by Gasteiger charge is -2.39. The quantitative estimate of drug-likeness (QED) is 0.144. The van der Waals surface area contributed by atoms with Crippen LogP contribution in [0, 0.1) is 16.0 Å². The second-order valence-corrected chi connectivity index (χ2v) is 12.0. The lowest BCUT2D eigenvalue weighted by atomic mass is 9.64. The van der Waals surface area contributed by atoms with Crippen LogP contribution in [0.1, 0.15) is 38.8 Å². The lowest BCUT2D eigenvalue weighted by molar-refractivity contribution is -0.384. The van der Waals surface area contributed by atoms with Crippen molar-refractivity contribution in [3.05, 3.63) is 139 Å². The molecule has 3 aliphatic rings. The average molecular weight is 624 g/mol. The van der Waals surface area contributed by atoms with Crippen molar-refractivity contribution in [2.75, 3.05) is 10.2 Å². The number of benzene rings is 4. The van der Waals surface area contributed by atoms with Crippen LogP contribution in [-0.4, -0.2) is 34.5 Å². The number of amides is 1. The minimum Gasteiger partial charge on any atom is -0.352 e. The summed E-state index contributed by atoms with van der Waals surface area (Å²) in [5.74, 6) is -2.59. The smallest absolute Gasteiger partial charge is 0.269 e. The molecular weight excluding hydrogens is 601 g/mol. The number of nitro benzene ring substituents is 1. The molecule has 8 nitrogen and oxygen atoms in total. The summed E-state index contributed by atoms with van der Waals surface area (Å²) in [7, 11) is 0. The number of nitro groups is 1. The number of carbonyl (C=O) groups is 3. The Morgan fingerprint density at radius 1 is 0.932 bits per heavy atom. The Balaban J connectivity index is 1.54. The Kier molecular flexibility index (Phi) is 6.46. The van der Waals surface area contributed by atoms with Crippen LogP contribution in [0.4, 0.5) is 17.1 Å². The van der Waals surface area contributed by atoms with Gasteiger partial charge in [-0.25, -0.2) is 0 Å². The molecule has 4 aromatic carbocycles. The van der Waals surface area contributed by atoms with E-state index in [1.54, 1.807) is 24.3 Å². The lowest BCUT2D eigenvalue weighted by Crippen LogP contribution is -2.51. The van der Waals surface area contributed by atoms with E-state index in [1.165, 1.54) is 36.4 Å². The number of hydrogen-bond donors (Lipinski definition) is 1. The van der Waals surface area contributed by atoms with Crippen molar-refractivity contribution in [1.29, 1.82) is 0 Å². The third-order valence-electron chi connectivity index (χ3n) is 8.99. The molecule has 0 aliphatic carbocycles. The molecule has 0 unspecified atom stereocenters. The van der Waals surface area contributed by atoms with E-state index in [4.69, 9.17) is 23.2 Å². The zero-order chi connectivity index (χ0) is 30.9. The zero-order valence-corrected chi connectivity index (χ0v) is 24.7.